The van der Waals surface area contributed by atoms with E-state index < -0.39 is 22.2 Å². The molecule has 1 aromatic carbocycles. The standard InChI is InChI=1S/C16H23N3O3S.C2HF3O2/c20-16(14-4-2-1-3-5-14)19(15-6-7-15)12-13-23(21,22)18-10-8-17-9-11-18;3-2(4,5)1(6)7/h1-5,15,17H,6-13H2;(H,6,7). The van der Waals surface area contributed by atoms with Crippen molar-refractivity contribution >= 4 is 21.9 Å². The fourth-order valence-electron chi connectivity index (χ4n) is 2.85. The molecule has 1 saturated carbocycles. The number of benzene rings is 1. The molecule has 0 atom stereocenters. The van der Waals surface area contributed by atoms with Crippen molar-refractivity contribution < 1.29 is 36.3 Å². The number of rotatable bonds is 6. The van der Waals surface area contributed by atoms with Gasteiger partial charge >= 0.3 is 12.1 Å². The minimum Gasteiger partial charge on any atom is -0.475 e. The summed E-state index contributed by atoms with van der Waals surface area (Å²) in [6, 6.07) is 9.28. The van der Waals surface area contributed by atoms with Crippen LogP contribution in [0.1, 0.15) is 23.2 Å². The second kappa shape index (κ2) is 10.2. The van der Waals surface area contributed by atoms with Crippen LogP contribution in [0.3, 0.4) is 0 Å². The third-order valence-electron chi connectivity index (χ3n) is 4.57. The lowest BCUT2D eigenvalue weighted by molar-refractivity contribution is -0.192. The van der Waals surface area contributed by atoms with E-state index in [1.165, 1.54) is 4.31 Å². The highest BCUT2D eigenvalue weighted by atomic mass is 32.2. The number of nitrogens with zero attached hydrogens (tertiary/aromatic N) is 2. The Labute approximate surface area is 172 Å². The average Bonchev–Trinajstić information content (AvgIpc) is 3.54. The Morgan fingerprint density at radius 1 is 1.13 bits per heavy atom. The van der Waals surface area contributed by atoms with Gasteiger partial charge in [0.25, 0.3) is 5.91 Å². The van der Waals surface area contributed by atoms with Gasteiger partial charge in [0.15, 0.2) is 0 Å². The number of piperazine rings is 1. The summed E-state index contributed by atoms with van der Waals surface area (Å²) in [5.41, 5.74) is 0.624. The van der Waals surface area contributed by atoms with E-state index in [4.69, 9.17) is 9.90 Å². The Bertz CT molecular complexity index is 823. The molecule has 1 heterocycles. The number of carboxylic acid groups (broad SMARTS) is 1. The van der Waals surface area contributed by atoms with Crippen molar-refractivity contribution in [3.05, 3.63) is 35.9 Å². The van der Waals surface area contributed by atoms with Crippen LogP contribution in [-0.4, -0.2) is 85.3 Å². The number of sulfonamides is 1. The molecule has 30 heavy (non-hydrogen) atoms. The van der Waals surface area contributed by atoms with Crippen LogP contribution in [-0.2, 0) is 14.8 Å². The van der Waals surface area contributed by atoms with E-state index in [9.17, 15) is 26.4 Å². The topological polar surface area (TPSA) is 107 Å². The first kappa shape index (κ1) is 24.1. The van der Waals surface area contributed by atoms with Gasteiger partial charge in [0.05, 0.1) is 5.75 Å². The number of hydrogen-bond acceptors (Lipinski definition) is 5. The molecule has 0 spiro atoms. The van der Waals surface area contributed by atoms with E-state index in [1.807, 2.05) is 18.2 Å². The van der Waals surface area contributed by atoms with E-state index in [0.29, 0.717) is 31.7 Å². The smallest absolute Gasteiger partial charge is 0.475 e. The summed E-state index contributed by atoms with van der Waals surface area (Å²) in [6.45, 7) is 2.67. The van der Waals surface area contributed by atoms with Crippen LogP contribution < -0.4 is 5.32 Å². The quantitative estimate of drug-likeness (QED) is 0.672. The monoisotopic (exact) mass is 451 g/mol. The maximum atomic E-state index is 12.6. The summed E-state index contributed by atoms with van der Waals surface area (Å²) in [5.74, 6) is -2.82. The lowest BCUT2D eigenvalue weighted by Crippen LogP contribution is -2.48. The first-order chi connectivity index (χ1) is 14.0. The number of aliphatic carboxylic acids is 1. The summed E-state index contributed by atoms with van der Waals surface area (Å²) in [6.07, 6.45) is -3.15. The number of hydrogen-bond donors (Lipinski definition) is 2. The number of halogens is 3. The molecule has 0 bridgehead atoms. The lowest BCUT2D eigenvalue weighted by atomic mass is 10.2. The maximum absolute atomic E-state index is 12.6. The van der Waals surface area contributed by atoms with Gasteiger partial charge in [-0.1, -0.05) is 18.2 Å². The van der Waals surface area contributed by atoms with Crippen LogP contribution in [0.5, 0.6) is 0 Å². The number of carbonyl (C=O) groups is 2. The summed E-state index contributed by atoms with van der Waals surface area (Å²) in [7, 11) is -3.30. The lowest BCUT2D eigenvalue weighted by Gasteiger charge is -2.28. The molecule has 1 amide bonds. The fourth-order valence-corrected chi connectivity index (χ4v) is 4.27. The molecule has 2 fully saturated rings. The molecule has 0 radical (unpaired) electrons. The number of amides is 1. The summed E-state index contributed by atoms with van der Waals surface area (Å²) in [5, 5.41) is 10.3. The SMILES string of the molecule is O=C(O)C(F)(F)F.O=C(c1ccccc1)N(CCS(=O)(=O)N1CCNCC1)C1CC1. The zero-order chi connectivity index (χ0) is 22.4. The minimum atomic E-state index is -5.08. The van der Waals surface area contributed by atoms with Crippen LogP contribution in [0.4, 0.5) is 13.2 Å². The zero-order valence-electron chi connectivity index (χ0n) is 16.1. The molecule has 2 N–H and O–H groups in total. The Morgan fingerprint density at radius 2 is 1.67 bits per heavy atom. The van der Waals surface area contributed by atoms with Gasteiger partial charge in [0, 0.05) is 44.3 Å². The van der Waals surface area contributed by atoms with E-state index in [1.54, 1.807) is 17.0 Å². The molecule has 2 aliphatic rings. The third-order valence-corrected chi connectivity index (χ3v) is 6.42. The molecule has 1 aromatic rings. The molecule has 168 valence electrons. The molecule has 1 saturated heterocycles. The largest absolute Gasteiger partial charge is 0.490 e. The van der Waals surface area contributed by atoms with Crippen molar-refractivity contribution in [2.75, 3.05) is 38.5 Å². The van der Waals surface area contributed by atoms with Crippen molar-refractivity contribution in [2.45, 2.75) is 25.1 Å². The predicted octanol–water partition coefficient (Wildman–Crippen LogP) is 1.16. The second-order valence-electron chi connectivity index (χ2n) is 6.86. The number of alkyl halides is 3. The average molecular weight is 451 g/mol. The van der Waals surface area contributed by atoms with Gasteiger partial charge in [-0.25, -0.2) is 13.2 Å². The number of carbonyl (C=O) groups excluding carboxylic acids is 1. The number of nitrogens with one attached hydrogen (secondary N) is 1. The Balaban J connectivity index is 0.000000396. The molecule has 8 nitrogen and oxygen atoms in total. The van der Waals surface area contributed by atoms with Crippen molar-refractivity contribution in [1.29, 1.82) is 0 Å². The highest BCUT2D eigenvalue weighted by Crippen LogP contribution is 2.28. The molecule has 1 aliphatic carbocycles. The number of carboxylic acids is 1. The summed E-state index contributed by atoms with van der Waals surface area (Å²) >= 11 is 0. The Morgan fingerprint density at radius 3 is 2.13 bits per heavy atom. The normalized spacial score (nSPS) is 17.6. The molecule has 0 aromatic heterocycles. The first-order valence-corrected chi connectivity index (χ1v) is 11.0. The van der Waals surface area contributed by atoms with Gasteiger partial charge in [-0.05, 0) is 25.0 Å². The molecular weight excluding hydrogens is 427 g/mol. The van der Waals surface area contributed by atoms with Gasteiger partial charge in [0.1, 0.15) is 0 Å². The fraction of sp³-hybridized carbons (Fsp3) is 0.556. The highest BCUT2D eigenvalue weighted by Gasteiger charge is 2.38. The zero-order valence-corrected chi connectivity index (χ0v) is 17.0. The molecule has 0 unspecified atom stereocenters. The highest BCUT2D eigenvalue weighted by molar-refractivity contribution is 7.89. The molecule has 1 aliphatic heterocycles. The van der Waals surface area contributed by atoms with Crippen LogP contribution in [0, 0.1) is 0 Å². The van der Waals surface area contributed by atoms with Gasteiger partial charge < -0.3 is 15.3 Å². The van der Waals surface area contributed by atoms with Crippen LogP contribution in [0.25, 0.3) is 0 Å². The van der Waals surface area contributed by atoms with Crippen molar-refractivity contribution in [3.8, 4) is 0 Å². The second-order valence-corrected chi connectivity index (χ2v) is 8.95. The first-order valence-electron chi connectivity index (χ1n) is 9.37. The van der Waals surface area contributed by atoms with Crippen LogP contribution >= 0.6 is 0 Å². The molecule has 3 rings (SSSR count). The minimum absolute atomic E-state index is 0.00206. The van der Waals surface area contributed by atoms with E-state index in [0.717, 1.165) is 12.8 Å². The maximum Gasteiger partial charge on any atom is 0.490 e. The van der Waals surface area contributed by atoms with Gasteiger partial charge in [-0.3, -0.25) is 4.79 Å². The van der Waals surface area contributed by atoms with Gasteiger partial charge in [0.2, 0.25) is 10.0 Å². The van der Waals surface area contributed by atoms with E-state index in [-0.39, 0.29) is 24.2 Å². The van der Waals surface area contributed by atoms with Crippen LogP contribution in [0.2, 0.25) is 0 Å². The third kappa shape index (κ3) is 7.26. The van der Waals surface area contributed by atoms with E-state index in [2.05, 4.69) is 5.32 Å². The van der Waals surface area contributed by atoms with Crippen molar-refractivity contribution in [3.63, 3.8) is 0 Å². The Kier molecular flexibility index (Phi) is 8.21. The molecule has 12 heteroatoms. The van der Waals surface area contributed by atoms with Gasteiger partial charge in [-0.2, -0.15) is 17.5 Å². The predicted molar refractivity (Wildman–Crippen MR) is 102 cm³/mol. The van der Waals surface area contributed by atoms with Gasteiger partial charge in [-0.15, -0.1) is 0 Å². The van der Waals surface area contributed by atoms with Crippen molar-refractivity contribution in [2.24, 2.45) is 0 Å². The summed E-state index contributed by atoms with van der Waals surface area (Å²) < 4.78 is 58.2. The molecular formula is C18H24F3N3O5S. The Hall–Kier alpha value is -2.18. The van der Waals surface area contributed by atoms with E-state index >= 15 is 0 Å². The summed E-state index contributed by atoms with van der Waals surface area (Å²) in [4.78, 5) is 23.3. The van der Waals surface area contributed by atoms with Crippen LogP contribution in [0.15, 0.2) is 30.3 Å². The van der Waals surface area contributed by atoms with Crippen molar-refractivity contribution in [1.82, 2.24) is 14.5 Å².